The number of rotatable bonds is 15. The van der Waals surface area contributed by atoms with Gasteiger partial charge in [-0.05, 0) is 56.2 Å². The molecule has 2 saturated heterocycles. The fourth-order valence-electron chi connectivity index (χ4n) is 6.55. The van der Waals surface area contributed by atoms with Gasteiger partial charge in [0.05, 0.1) is 12.9 Å². The summed E-state index contributed by atoms with van der Waals surface area (Å²) in [6.45, 7) is 6.27. The van der Waals surface area contributed by atoms with Gasteiger partial charge in [0, 0.05) is 37.9 Å². The molecule has 43 heavy (non-hydrogen) atoms. The van der Waals surface area contributed by atoms with Crippen LogP contribution in [0, 0.1) is 0 Å². The summed E-state index contributed by atoms with van der Waals surface area (Å²) in [5, 5.41) is 3.13. The number of hydrogen-bond donors (Lipinski definition) is 1. The van der Waals surface area contributed by atoms with Crippen LogP contribution in [0.25, 0.3) is 0 Å². The number of amides is 2. The normalized spacial score (nSPS) is 18.7. The second-order valence-electron chi connectivity index (χ2n) is 12.1. The lowest BCUT2D eigenvalue weighted by molar-refractivity contribution is -0.161. The summed E-state index contributed by atoms with van der Waals surface area (Å²) >= 11 is 0. The lowest BCUT2D eigenvalue weighted by Crippen LogP contribution is -2.73. The maximum Gasteiger partial charge on any atom is 0.246 e. The Hall–Kier alpha value is -3.49. The van der Waals surface area contributed by atoms with Crippen molar-refractivity contribution in [3.8, 4) is 0 Å². The summed E-state index contributed by atoms with van der Waals surface area (Å²) < 4.78 is 7.82. The van der Waals surface area contributed by atoms with Gasteiger partial charge < -0.3 is 24.4 Å². The first kappa shape index (κ1) is 31.0. The fraction of sp³-hybridized carbons (Fsp3) is 0.514. The van der Waals surface area contributed by atoms with E-state index >= 15 is 0 Å². The number of aryl methyl sites for hydroxylation is 1. The molecule has 3 aromatic rings. The van der Waals surface area contributed by atoms with Crippen LogP contribution in [-0.2, 0) is 40.5 Å². The molecule has 2 aromatic carbocycles. The van der Waals surface area contributed by atoms with E-state index in [1.165, 1.54) is 31.2 Å². The summed E-state index contributed by atoms with van der Waals surface area (Å²) in [4.78, 5) is 36.3. The van der Waals surface area contributed by atoms with Crippen molar-refractivity contribution in [2.24, 2.45) is 0 Å². The highest BCUT2D eigenvalue weighted by molar-refractivity contribution is 6.00. The number of ether oxygens (including phenoxy) is 1. The topological polar surface area (TPSA) is 79.7 Å². The quantitative estimate of drug-likeness (QED) is 0.255. The molecule has 1 N–H and O–H groups in total. The average molecular weight is 586 g/mol. The van der Waals surface area contributed by atoms with Crippen LogP contribution < -0.4 is 5.32 Å². The Bertz CT molecular complexity index is 1290. The third-order valence-electron chi connectivity index (χ3n) is 9.03. The molecule has 0 aliphatic carbocycles. The Kier molecular flexibility index (Phi) is 11.0. The Balaban J connectivity index is 1.10. The number of carbonyl (C=O) groups excluding carboxylic acids is 2. The largest absolute Gasteiger partial charge is 0.356 e. The summed E-state index contributed by atoms with van der Waals surface area (Å²) in [5.74, 6) is 0.0174. The van der Waals surface area contributed by atoms with E-state index < -0.39 is 11.6 Å². The predicted molar refractivity (Wildman–Crippen MR) is 168 cm³/mol. The number of nitrogens with zero attached hydrogens (tertiary/aromatic N) is 4. The molecule has 5 rings (SSSR count). The van der Waals surface area contributed by atoms with Gasteiger partial charge in [0.2, 0.25) is 11.8 Å². The van der Waals surface area contributed by atoms with Gasteiger partial charge in [-0.25, -0.2) is 4.98 Å². The second-order valence-corrected chi connectivity index (χ2v) is 12.1. The van der Waals surface area contributed by atoms with E-state index in [2.05, 4.69) is 52.5 Å². The number of carbonyl (C=O) groups is 2. The molecule has 0 radical (unpaired) electrons. The number of likely N-dealkylation sites (tertiary alicyclic amines) is 1. The molecule has 1 atom stereocenters. The molecule has 0 bridgehead atoms. The molecule has 8 heteroatoms. The average Bonchev–Trinajstić information content (AvgIpc) is 3.48. The van der Waals surface area contributed by atoms with Crippen molar-refractivity contribution in [1.29, 1.82) is 0 Å². The highest BCUT2D eigenvalue weighted by Crippen LogP contribution is 2.34. The van der Waals surface area contributed by atoms with Crippen molar-refractivity contribution in [1.82, 2.24) is 24.7 Å². The maximum absolute atomic E-state index is 13.9. The standard InChI is InChI=1S/C35H47N5O3/c1-2-20-40-33(41)32(24-31-25-36-27-39(31)28-43-26-30-16-10-6-11-17-30)37-34(42)35(40)18-22-38(23-19-35)21-12-4-3-7-13-29-14-8-5-9-15-29/h5-6,8-11,14-17,25,27,32H,2-4,7,12-13,18-24,26,28H2,1H3,(H,37,42)/t32-/m0/s1. The minimum Gasteiger partial charge on any atom is -0.356 e. The summed E-state index contributed by atoms with van der Waals surface area (Å²) in [7, 11) is 0. The molecule has 230 valence electrons. The van der Waals surface area contributed by atoms with Crippen LogP contribution in [0.1, 0.15) is 68.7 Å². The van der Waals surface area contributed by atoms with Gasteiger partial charge in [0.25, 0.3) is 0 Å². The molecule has 2 fully saturated rings. The Morgan fingerprint density at radius 3 is 2.33 bits per heavy atom. The smallest absolute Gasteiger partial charge is 0.246 e. The molecular weight excluding hydrogens is 538 g/mol. The van der Waals surface area contributed by atoms with Gasteiger partial charge in [-0.15, -0.1) is 0 Å². The number of unbranched alkanes of at least 4 members (excludes halogenated alkanes) is 3. The monoisotopic (exact) mass is 585 g/mol. The van der Waals surface area contributed by atoms with Gasteiger partial charge in [-0.3, -0.25) is 9.59 Å². The Morgan fingerprint density at radius 1 is 0.907 bits per heavy atom. The predicted octanol–water partition coefficient (Wildman–Crippen LogP) is 4.97. The number of imidazole rings is 1. The lowest BCUT2D eigenvalue weighted by Gasteiger charge is -2.51. The number of hydrogen-bond acceptors (Lipinski definition) is 5. The molecule has 1 spiro atoms. The zero-order valence-electron chi connectivity index (χ0n) is 25.6. The molecule has 2 aliphatic rings. The van der Waals surface area contributed by atoms with Crippen molar-refractivity contribution < 1.29 is 14.3 Å². The summed E-state index contributed by atoms with van der Waals surface area (Å²) in [5.41, 5.74) is 2.65. The highest BCUT2D eigenvalue weighted by Gasteiger charge is 2.53. The van der Waals surface area contributed by atoms with E-state index in [0.717, 1.165) is 43.7 Å². The van der Waals surface area contributed by atoms with Gasteiger partial charge in [-0.2, -0.15) is 0 Å². The van der Waals surface area contributed by atoms with Crippen molar-refractivity contribution in [3.63, 3.8) is 0 Å². The maximum atomic E-state index is 13.9. The first-order valence-electron chi connectivity index (χ1n) is 16.1. The summed E-state index contributed by atoms with van der Waals surface area (Å²) in [6, 6.07) is 20.1. The van der Waals surface area contributed by atoms with Crippen LogP contribution in [0.3, 0.4) is 0 Å². The summed E-state index contributed by atoms with van der Waals surface area (Å²) in [6.07, 6.45) is 12.1. The molecule has 2 amide bonds. The van der Waals surface area contributed by atoms with E-state index in [9.17, 15) is 9.59 Å². The van der Waals surface area contributed by atoms with Crippen molar-refractivity contribution >= 4 is 11.8 Å². The molecule has 0 unspecified atom stereocenters. The van der Waals surface area contributed by atoms with E-state index in [4.69, 9.17) is 4.74 Å². The fourth-order valence-corrected chi connectivity index (χ4v) is 6.55. The molecule has 0 saturated carbocycles. The molecular formula is C35H47N5O3. The zero-order valence-corrected chi connectivity index (χ0v) is 25.6. The van der Waals surface area contributed by atoms with Gasteiger partial charge in [-0.1, -0.05) is 80.4 Å². The third-order valence-corrected chi connectivity index (χ3v) is 9.03. The number of nitrogens with one attached hydrogen (secondary N) is 1. The zero-order chi connectivity index (χ0) is 29.9. The number of piperidine rings is 1. The van der Waals surface area contributed by atoms with Gasteiger partial charge in [0.1, 0.15) is 18.3 Å². The van der Waals surface area contributed by atoms with Gasteiger partial charge >= 0.3 is 0 Å². The minimum atomic E-state index is -0.741. The van der Waals surface area contributed by atoms with Crippen LogP contribution in [0.5, 0.6) is 0 Å². The van der Waals surface area contributed by atoms with E-state index in [1.807, 2.05) is 39.8 Å². The number of aromatic nitrogens is 2. The molecule has 8 nitrogen and oxygen atoms in total. The van der Waals surface area contributed by atoms with Crippen LogP contribution in [0.4, 0.5) is 0 Å². The highest BCUT2D eigenvalue weighted by atomic mass is 16.5. The first-order valence-corrected chi connectivity index (χ1v) is 16.1. The second kappa shape index (κ2) is 15.3. The molecule has 3 heterocycles. The Labute approximate surface area is 256 Å². The van der Waals surface area contributed by atoms with E-state index in [1.54, 1.807) is 12.5 Å². The third kappa shape index (κ3) is 7.92. The van der Waals surface area contributed by atoms with Crippen molar-refractivity contribution in [2.45, 2.75) is 89.6 Å². The first-order chi connectivity index (χ1) is 21.1. The SMILES string of the molecule is CCCN1C(=O)[C@H](Cc2cncn2COCc2ccccc2)NC(=O)C12CCN(CCCCCCc1ccccc1)CC2. The van der Waals surface area contributed by atoms with Crippen molar-refractivity contribution in [3.05, 3.63) is 90.0 Å². The van der Waals surface area contributed by atoms with Crippen molar-refractivity contribution in [2.75, 3.05) is 26.2 Å². The van der Waals surface area contributed by atoms with Crippen LogP contribution in [0.2, 0.25) is 0 Å². The van der Waals surface area contributed by atoms with Gasteiger partial charge in [0.15, 0.2) is 0 Å². The Morgan fingerprint density at radius 2 is 1.60 bits per heavy atom. The lowest BCUT2D eigenvalue weighted by atomic mass is 9.81. The van der Waals surface area contributed by atoms with Crippen LogP contribution >= 0.6 is 0 Å². The number of piperazine rings is 1. The van der Waals surface area contributed by atoms with E-state index in [0.29, 0.717) is 39.1 Å². The molecule has 1 aromatic heterocycles. The van der Waals surface area contributed by atoms with Crippen LogP contribution in [-0.4, -0.2) is 68.9 Å². The number of benzene rings is 2. The van der Waals surface area contributed by atoms with E-state index in [-0.39, 0.29) is 11.8 Å². The van der Waals surface area contributed by atoms with Crippen LogP contribution in [0.15, 0.2) is 73.2 Å². The minimum absolute atomic E-state index is 0.00231. The molecule has 2 aliphatic heterocycles.